The standard InChI is InChI=1S/C14H13BrN2O/c1-9(18)13-6-5-12(8-14(13)16)17-11-4-2-3-10(15)7-11/h2-8,17H,16H2,1H3. The molecule has 3 nitrogen and oxygen atoms in total. The maximum absolute atomic E-state index is 11.3. The molecule has 0 bridgehead atoms. The number of Topliss-reactive ketones (excluding diaryl/α,β-unsaturated/α-hetero) is 1. The van der Waals surface area contributed by atoms with E-state index in [1.54, 1.807) is 12.1 Å². The first-order valence-electron chi connectivity index (χ1n) is 5.49. The molecule has 0 amide bonds. The second-order valence-electron chi connectivity index (χ2n) is 3.99. The first-order valence-corrected chi connectivity index (χ1v) is 6.28. The zero-order chi connectivity index (χ0) is 13.1. The summed E-state index contributed by atoms with van der Waals surface area (Å²) in [5.74, 6) is -0.0264. The highest BCUT2D eigenvalue weighted by Crippen LogP contribution is 2.23. The van der Waals surface area contributed by atoms with Gasteiger partial charge in [-0.1, -0.05) is 22.0 Å². The monoisotopic (exact) mass is 304 g/mol. The highest BCUT2D eigenvalue weighted by Gasteiger charge is 2.05. The molecule has 0 atom stereocenters. The van der Waals surface area contributed by atoms with Crippen molar-refractivity contribution in [3.05, 3.63) is 52.5 Å². The summed E-state index contributed by atoms with van der Waals surface area (Å²) in [6.45, 7) is 1.51. The fourth-order valence-corrected chi connectivity index (χ4v) is 2.09. The molecule has 0 saturated heterocycles. The van der Waals surface area contributed by atoms with Crippen LogP contribution in [-0.4, -0.2) is 5.78 Å². The molecule has 0 aliphatic carbocycles. The van der Waals surface area contributed by atoms with Gasteiger partial charge in [0.05, 0.1) is 0 Å². The maximum atomic E-state index is 11.3. The van der Waals surface area contributed by atoms with E-state index >= 15 is 0 Å². The van der Waals surface area contributed by atoms with Crippen LogP contribution in [-0.2, 0) is 0 Å². The van der Waals surface area contributed by atoms with Crippen LogP contribution < -0.4 is 11.1 Å². The smallest absolute Gasteiger partial charge is 0.161 e. The van der Waals surface area contributed by atoms with Crippen LogP contribution in [0.2, 0.25) is 0 Å². The zero-order valence-corrected chi connectivity index (χ0v) is 11.5. The molecule has 3 N–H and O–H groups in total. The summed E-state index contributed by atoms with van der Waals surface area (Å²) in [4.78, 5) is 11.3. The number of nitrogen functional groups attached to an aromatic ring is 1. The summed E-state index contributed by atoms with van der Waals surface area (Å²) >= 11 is 3.41. The molecule has 0 unspecified atom stereocenters. The Hall–Kier alpha value is -1.81. The lowest BCUT2D eigenvalue weighted by molar-refractivity contribution is 0.101. The Morgan fingerprint density at radius 2 is 1.89 bits per heavy atom. The third-order valence-corrected chi connectivity index (χ3v) is 3.04. The third kappa shape index (κ3) is 2.90. The van der Waals surface area contributed by atoms with Crippen LogP contribution in [0, 0.1) is 0 Å². The largest absolute Gasteiger partial charge is 0.398 e. The molecule has 2 rings (SSSR count). The summed E-state index contributed by atoms with van der Waals surface area (Å²) in [7, 11) is 0. The number of anilines is 3. The molecule has 0 aliphatic rings. The van der Waals surface area contributed by atoms with Gasteiger partial charge in [0.25, 0.3) is 0 Å². The first kappa shape index (κ1) is 12.6. The molecule has 2 aromatic rings. The highest BCUT2D eigenvalue weighted by molar-refractivity contribution is 9.10. The number of nitrogens with one attached hydrogen (secondary N) is 1. The van der Waals surface area contributed by atoms with Gasteiger partial charge in [-0.15, -0.1) is 0 Å². The summed E-state index contributed by atoms with van der Waals surface area (Å²) < 4.78 is 1.00. The van der Waals surface area contributed by atoms with E-state index in [9.17, 15) is 4.79 Å². The van der Waals surface area contributed by atoms with Crippen LogP contribution in [0.5, 0.6) is 0 Å². The van der Waals surface area contributed by atoms with E-state index in [1.807, 2.05) is 30.3 Å². The van der Waals surface area contributed by atoms with Crippen LogP contribution in [0.4, 0.5) is 17.1 Å². The van der Waals surface area contributed by atoms with Gasteiger partial charge in [0, 0.05) is 27.1 Å². The number of halogens is 1. The van der Waals surface area contributed by atoms with Crippen molar-refractivity contribution in [3.63, 3.8) is 0 Å². The van der Waals surface area contributed by atoms with Crippen LogP contribution in [0.3, 0.4) is 0 Å². The Balaban J connectivity index is 2.25. The molecule has 0 radical (unpaired) electrons. The fraction of sp³-hybridized carbons (Fsp3) is 0.0714. The fourth-order valence-electron chi connectivity index (χ4n) is 1.69. The molecule has 92 valence electrons. The number of carbonyl (C=O) groups excluding carboxylic acids is 1. The minimum atomic E-state index is -0.0264. The van der Waals surface area contributed by atoms with E-state index in [0.29, 0.717) is 11.3 Å². The molecular weight excluding hydrogens is 292 g/mol. The molecule has 0 heterocycles. The molecule has 0 fully saturated rings. The van der Waals surface area contributed by atoms with Crippen LogP contribution in [0.15, 0.2) is 46.9 Å². The number of ketones is 1. The van der Waals surface area contributed by atoms with Gasteiger partial charge >= 0.3 is 0 Å². The molecular formula is C14H13BrN2O. The van der Waals surface area contributed by atoms with Gasteiger partial charge in [0.15, 0.2) is 5.78 Å². The quantitative estimate of drug-likeness (QED) is 0.666. The Morgan fingerprint density at radius 1 is 1.17 bits per heavy atom. The Kier molecular flexibility index (Phi) is 3.67. The topological polar surface area (TPSA) is 55.1 Å². The van der Waals surface area contributed by atoms with Gasteiger partial charge < -0.3 is 11.1 Å². The SMILES string of the molecule is CC(=O)c1ccc(Nc2cccc(Br)c2)cc1N. The third-order valence-electron chi connectivity index (χ3n) is 2.54. The van der Waals surface area contributed by atoms with Crippen molar-refractivity contribution in [2.75, 3.05) is 11.1 Å². The van der Waals surface area contributed by atoms with Crippen molar-refractivity contribution < 1.29 is 4.79 Å². The van der Waals surface area contributed by atoms with Crippen molar-refractivity contribution in [2.45, 2.75) is 6.92 Å². The van der Waals surface area contributed by atoms with Gasteiger partial charge in [0.1, 0.15) is 0 Å². The van der Waals surface area contributed by atoms with E-state index in [-0.39, 0.29) is 5.78 Å². The van der Waals surface area contributed by atoms with Crippen LogP contribution in [0.1, 0.15) is 17.3 Å². The number of rotatable bonds is 3. The highest BCUT2D eigenvalue weighted by atomic mass is 79.9. The van der Waals surface area contributed by atoms with Gasteiger partial charge in [-0.3, -0.25) is 4.79 Å². The second kappa shape index (κ2) is 5.23. The summed E-state index contributed by atoms with van der Waals surface area (Å²) in [5.41, 5.74) is 8.69. The van der Waals surface area contributed by atoms with Gasteiger partial charge in [-0.05, 0) is 43.3 Å². The number of benzene rings is 2. The molecule has 0 aromatic heterocycles. The lowest BCUT2D eigenvalue weighted by atomic mass is 10.1. The molecule has 4 heteroatoms. The van der Waals surface area contributed by atoms with Crippen molar-refractivity contribution in [2.24, 2.45) is 0 Å². The average Bonchev–Trinajstić information content (AvgIpc) is 2.28. The van der Waals surface area contributed by atoms with Crippen LogP contribution in [0.25, 0.3) is 0 Å². The molecule has 0 saturated carbocycles. The van der Waals surface area contributed by atoms with Crippen molar-refractivity contribution in [1.82, 2.24) is 0 Å². The predicted molar refractivity (Wildman–Crippen MR) is 78.3 cm³/mol. The average molecular weight is 305 g/mol. The normalized spacial score (nSPS) is 10.1. The van der Waals surface area contributed by atoms with Gasteiger partial charge in [0.2, 0.25) is 0 Å². The Bertz CT molecular complexity index is 596. The van der Waals surface area contributed by atoms with E-state index in [2.05, 4.69) is 21.2 Å². The van der Waals surface area contributed by atoms with E-state index in [4.69, 9.17) is 5.73 Å². The molecule has 18 heavy (non-hydrogen) atoms. The first-order chi connectivity index (χ1) is 8.56. The minimum Gasteiger partial charge on any atom is -0.398 e. The predicted octanol–water partition coefficient (Wildman–Crippen LogP) is 3.98. The van der Waals surface area contributed by atoms with Gasteiger partial charge in [-0.2, -0.15) is 0 Å². The summed E-state index contributed by atoms with van der Waals surface area (Å²) in [5, 5.41) is 3.23. The van der Waals surface area contributed by atoms with E-state index < -0.39 is 0 Å². The van der Waals surface area contributed by atoms with E-state index in [1.165, 1.54) is 6.92 Å². The van der Waals surface area contributed by atoms with Gasteiger partial charge in [-0.25, -0.2) is 0 Å². The lowest BCUT2D eigenvalue weighted by Crippen LogP contribution is -2.00. The Morgan fingerprint density at radius 3 is 2.50 bits per heavy atom. The zero-order valence-electron chi connectivity index (χ0n) is 9.91. The summed E-state index contributed by atoms with van der Waals surface area (Å²) in [6, 6.07) is 13.2. The number of carbonyl (C=O) groups is 1. The minimum absolute atomic E-state index is 0.0264. The van der Waals surface area contributed by atoms with Crippen molar-refractivity contribution in [1.29, 1.82) is 0 Å². The number of hydrogen-bond acceptors (Lipinski definition) is 3. The second-order valence-corrected chi connectivity index (χ2v) is 4.91. The van der Waals surface area contributed by atoms with E-state index in [0.717, 1.165) is 15.8 Å². The Labute approximate surface area is 114 Å². The lowest BCUT2D eigenvalue weighted by Gasteiger charge is -2.09. The number of hydrogen-bond donors (Lipinski definition) is 2. The van der Waals surface area contributed by atoms with Crippen LogP contribution >= 0.6 is 15.9 Å². The van der Waals surface area contributed by atoms with Crippen molar-refractivity contribution in [3.8, 4) is 0 Å². The molecule has 0 spiro atoms. The molecule has 0 aliphatic heterocycles. The summed E-state index contributed by atoms with van der Waals surface area (Å²) in [6.07, 6.45) is 0. The molecule has 2 aromatic carbocycles. The number of nitrogens with two attached hydrogens (primary N) is 1. The van der Waals surface area contributed by atoms with Crippen molar-refractivity contribution >= 4 is 38.8 Å². The maximum Gasteiger partial charge on any atom is 0.161 e.